The zero-order valence-corrected chi connectivity index (χ0v) is 19.6. The summed E-state index contributed by atoms with van der Waals surface area (Å²) in [5.74, 6) is -1.27. The summed E-state index contributed by atoms with van der Waals surface area (Å²) in [6, 6.07) is 5.58. The van der Waals surface area contributed by atoms with Gasteiger partial charge in [0.25, 0.3) is 5.91 Å². The summed E-state index contributed by atoms with van der Waals surface area (Å²) in [7, 11) is -1.76. The maximum absolute atomic E-state index is 13.3. The molecule has 1 aromatic heterocycles. The first-order chi connectivity index (χ1) is 16.1. The van der Waals surface area contributed by atoms with E-state index in [0.717, 1.165) is 4.90 Å². The number of benzene rings is 1. The fraction of sp³-hybridized carbons (Fsp3) is 0.500. The van der Waals surface area contributed by atoms with Gasteiger partial charge in [-0.25, -0.2) is 17.9 Å². The molecule has 1 aromatic carbocycles. The number of carbonyl (C=O) groups excluding carboxylic acids is 3. The van der Waals surface area contributed by atoms with Crippen LogP contribution in [0.3, 0.4) is 0 Å². The van der Waals surface area contributed by atoms with E-state index in [2.05, 4.69) is 20.8 Å². The van der Waals surface area contributed by atoms with Crippen molar-refractivity contribution in [1.29, 1.82) is 0 Å². The summed E-state index contributed by atoms with van der Waals surface area (Å²) in [4.78, 5) is 41.5. The standard InChI is InChI=1S/C20H25N7O6S/c1-20(14-4-3-5-15(10-14)27-13-21-23-24-27)18(29)26(19(30)22-20)11-17(28)25(7-8-33-2)16-6-9-34(31,32)12-16/h3-5,10,13,16H,6-9,11-12H2,1-2H3,(H,22,30)/t16-,20+/m1/s1. The Morgan fingerprint density at radius 1 is 1.35 bits per heavy atom. The van der Waals surface area contributed by atoms with Crippen molar-refractivity contribution in [2.24, 2.45) is 0 Å². The molecule has 0 aliphatic carbocycles. The number of tetrazole rings is 1. The molecule has 1 N–H and O–H groups in total. The second kappa shape index (κ2) is 9.10. The van der Waals surface area contributed by atoms with Crippen molar-refractivity contribution in [1.82, 2.24) is 35.3 Å². The minimum Gasteiger partial charge on any atom is -0.383 e. The first-order valence-corrected chi connectivity index (χ1v) is 12.4. The van der Waals surface area contributed by atoms with Crippen LogP contribution < -0.4 is 5.32 Å². The van der Waals surface area contributed by atoms with Gasteiger partial charge in [-0.1, -0.05) is 12.1 Å². The van der Waals surface area contributed by atoms with Crippen LogP contribution in [0, 0.1) is 0 Å². The van der Waals surface area contributed by atoms with E-state index in [9.17, 15) is 22.8 Å². The monoisotopic (exact) mass is 491 g/mol. The summed E-state index contributed by atoms with van der Waals surface area (Å²) in [6.45, 7) is 1.41. The predicted molar refractivity (Wildman–Crippen MR) is 117 cm³/mol. The highest BCUT2D eigenvalue weighted by Crippen LogP contribution is 2.30. The highest BCUT2D eigenvalue weighted by molar-refractivity contribution is 7.91. The largest absolute Gasteiger partial charge is 0.383 e. The van der Waals surface area contributed by atoms with Crippen LogP contribution >= 0.6 is 0 Å². The van der Waals surface area contributed by atoms with Gasteiger partial charge in [0.1, 0.15) is 18.4 Å². The van der Waals surface area contributed by atoms with Crippen LogP contribution in [0.4, 0.5) is 4.79 Å². The number of sulfone groups is 1. The van der Waals surface area contributed by atoms with E-state index in [1.54, 1.807) is 31.2 Å². The fourth-order valence-electron chi connectivity index (χ4n) is 4.22. The van der Waals surface area contributed by atoms with E-state index in [-0.39, 0.29) is 24.7 Å². The van der Waals surface area contributed by atoms with Crippen LogP contribution in [-0.4, -0.2) is 101 Å². The van der Waals surface area contributed by atoms with Crippen LogP contribution in [0.5, 0.6) is 0 Å². The third-order valence-corrected chi connectivity index (χ3v) is 7.86. The molecule has 2 aliphatic heterocycles. The summed E-state index contributed by atoms with van der Waals surface area (Å²) in [5.41, 5.74) is -0.324. The van der Waals surface area contributed by atoms with Gasteiger partial charge in [0.15, 0.2) is 9.84 Å². The van der Waals surface area contributed by atoms with Gasteiger partial charge in [-0.15, -0.1) is 5.10 Å². The van der Waals surface area contributed by atoms with E-state index >= 15 is 0 Å². The Morgan fingerprint density at radius 3 is 2.79 bits per heavy atom. The Balaban J connectivity index is 1.54. The summed E-state index contributed by atoms with van der Waals surface area (Å²) in [5, 5.41) is 13.7. The number of carbonyl (C=O) groups is 3. The van der Waals surface area contributed by atoms with E-state index in [1.807, 2.05) is 0 Å². The van der Waals surface area contributed by atoms with Gasteiger partial charge >= 0.3 is 6.03 Å². The molecule has 0 unspecified atom stereocenters. The Bertz CT molecular complexity index is 1200. The topological polar surface area (TPSA) is 157 Å². The molecule has 2 saturated heterocycles. The van der Waals surface area contributed by atoms with Crippen molar-refractivity contribution in [3.05, 3.63) is 36.2 Å². The minimum absolute atomic E-state index is 0.00668. The SMILES string of the molecule is COCCN(C(=O)CN1C(=O)N[C@@](C)(c2cccc(-n3cnnn3)c2)C1=O)[C@@H]1CCS(=O)(=O)C1. The second-order valence-electron chi connectivity index (χ2n) is 8.39. The number of imide groups is 1. The van der Waals surface area contributed by atoms with Crippen molar-refractivity contribution < 1.29 is 27.5 Å². The van der Waals surface area contributed by atoms with E-state index in [1.165, 1.54) is 23.0 Å². The highest BCUT2D eigenvalue weighted by Gasteiger charge is 2.50. The first-order valence-electron chi connectivity index (χ1n) is 10.6. The quantitative estimate of drug-likeness (QED) is 0.462. The number of amides is 4. The lowest BCUT2D eigenvalue weighted by atomic mass is 9.91. The zero-order valence-electron chi connectivity index (χ0n) is 18.7. The third-order valence-electron chi connectivity index (χ3n) is 6.11. The van der Waals surface area contributed by atoms with Crippen molar-refractivity contribution in [3.8, 4) is 5.69 Å². The van der Waals surface area contributed by atoms with Crippen LogP contribution in [0.2, 0.25) is 0 Å². The molecule has 2 atom stereocenters. The van der Waals surface area contributed by atoms with E-state index in [4.69, 9.17) is 4.74 Å². The van der Waals surface area contributed by atoms with Gasteiger partial charge in [-0.05, 0) is 41.5 Å². The Kier molecular flexibility index (Phi) is 6.36. The lowest BCUT2D eigenvalue weighted by Crippen LogP contribution is -2.49. The number of rotatable bonds is 8. The molecule has 0 spiro atoms. The van der Waals surface area contributed by atoms with Crippen LogP contribution in [0.25, 0.3) is 5.69 Å². The van der Waals surface area contributed by atoms with Crippen LogP contribution in [0.15, 0.2) is 30.6 Å². The van der Waals surface area contributed by atoms with Gasteiger partial charge in [-0.3, -0.25) is 14.5 Å². The molecule has 0 radical (unpaired) electrons. The lowest BCUT2D eigenvalue weighted by Gasteiger charge is -2.29. The minimum atomic E-state index is -3.24. The Labute approximate surface area is 195 Å². The number of hydrogen-bond acceptors (Lipinski definition) is 9. The van der Waals surface area contributed by atoms with Gasteiger partial charge in [0.05, 0.1) is 23.8 Å². The van der Waals surface area contributed by atoms with Crippen molar-refractivity contribution in [3.63, 3.8) is 0 Å². The molecule has 3 heterocycles. The number of methoxy groups -OCH3 is 1. The van der Waals surface area contributed by atoms with Crippen molar-refractivity contribution >= 4 is 27.7 Å². The average Bonchev–Trinajstić information content (AvgIpc) is 3.51. The van der Waals surface area contributed by atoms with Crippen molar-refractivity contribution in [2.75, 3.05) is 38.3 Å². The molecule has 2 fully saturated rings. The molecule has 0 bridgehead atoms. The number of nitrogens with zero attached hydrogens (tertiary/aromatic N) is 6. The third kappa shape index (κ3) is 4.50. The molecule has 2 aromatic rings. The molecular formula is C20H25N7O6S. The Hall–Kier alpha value is -3.39. The van der Waals surface area contributed by atoms with Gasteiger partial charge < -0.3 is 15.0 Å². The molecule has 2 aliphatic rings. The lowest BCUT2D eigenvalue weighted by molar-refractivity contribution is -0.140. The number of urea groups is 1. The highest BCUT2D eigenvalue weighted by atomic mass is 32.2. The van der Waals surface area contributed by atoms with Crippen LogP contribution in [-0.2, 0) is 29.7 Å². The number of hydrogen-bond donors (Lipinski definition) is 1. The summed E-state index contributed by atoms with van der Waals surface area (Å²) >= 11 is 0. The number of ether oxygens (including phenoxy) is 1. The first kappa shape index (κ1) is 23.8. The van der Waals surface area contributed by atoms with E-state index < -0.39 is 45.8 Å². The molecule has 34 heavy (non-hydrogen) atoms. The molecule has 13 nitrogen and oxygen atoms in total. The molecule has 0 saturated carbocycles. The smallest absolute Gasteiger partial charge is 0.325 e. The zero-order chi connectivity index (χ0) is 24.5. The molecule has 182 valence electrons. The predicted octanol–water partition coefficient (Wildman–Crippen LogP) is -0.909. The maximum Gasteiger partial charge on any atom is 0.325 e. The average molecular weight is 492 g/mol. The normalized spacial score (nSPS) is 23.8. The van der Waals surface area contributed by atoms with Gasteiger partial charge in [0.2, 0.25) is 5.91 Å². The van der Waals surface area contributed by atoms with E-state index in [0.29, 0.717) is 17.7 Å². The Morgan fingerprint density at radius 2 is 2.15 bits per heavy atom. The summed E-state index contributed by atoms with van der Waals surface area (Å²) < 4.78 is 30.3. The van der Waals surface area contributed by atoms with Crippen molar-refractivity contribution in [2.45, 2.75) is 24.9 Å². The summed E-state index contributed by atoms with van der Waals surface area (Å²) in [6.07, 6.45) is 1.71. The maximum atomic E-state index is 13.3. The van der Waals surface area contributed by atoms with Gasteiger partial charge in [0, 0.05) is 19.7 Å². The molecule has 4 amide bonds. The van der Waals surface area contributed by atoms with Crippen LogP contribution in [0.1, 0.15) is 18.9 Å². The van der Waals surface area contributed by atoms with Gasteiger partial charge in [-0.2, -0.15) is 0 Å². The fourth-order valence-corrected chi connectivity index (χ4v) is 5.95. The molecular weight excluding hydrogens is 466 g/mol. The molecule has 4 rings (SSSR count). The number of nitrogens with one attached hydrogen (secondary N) is 1. The number of aromatic nitrogens is 4. The second-order valence-corrected chi connectivity index (χ2v) is 10.6. The molecule has 14 heteroatoms.